The molecule has 2 unspecified atom stereocenters. The first-order chi connectivity index (χ1) is 17.2. The van der Waals surface area contributed by atoms with Gasteiger partial charge < -0.3 is 19.8 Å². The van der Waals surface area contributed by atoms with Crippen molar-refractivity contribution in [3.05, 3.63) is 50.3 Å². The largest absolute Gasteiger partial charge is 0.459 e. The van der Waals surface area contributed by atoms with E-state index in [9.17, 15) is 24.5 Å². The lowest BCUT2D eigenvalue weighted by molar-refractivity contribution is -0.384. The highest BCUT2D eigenvalue weighted by Gasteiger charge is 2.57. The third kappa shape index (κ3) is 5.61. The van der Waals surface area contributed by atoms with Crippen molar-refractivity contribution < 1.29 is 28.9 Å². The van der Waals surface area contributed by atoms with Crippen LogP contribution in [0.15, 0.2) is 39.7 Å². The lowest BCUT2D eigenvalue weighted by Gasteiger charge is -2.52. The number of amides is 2. The number of β-lactam (4-membered cyclic amide) rings is 1. The summed E-state index contributed by atoms with van der Waals surface area (Å²) < 4.78 is 5.33. The lowest BCUT2D eigenvalue weighted by Crippen LogP contribution is -2.74. The molecule has 3 heterocycles. The summed E-state index contributed by atoms with van der Waals surface area (Å²) in [5.74, 6) is 0.375. The highest BCUT2D eigenvalue weighted by atomic mass is 35.5. The number of halogens is 1. The number of benzene rings is 1. The minimum atomic E-state index is -1.45. The van der Waals surface area contributed by atoms with E-state index < -0.39 is 27.7 Å². The summed E-state index contributed by atoms with van der Waals surface area (Å²) in [5, 5.41) is 18.8. The van der Waals surface area contributed by atoms with E-state index in [2.05, 4.69) is 10.5 Å². The van der Waals surface area contributed by atoms with Crippen LogP contribution < -0.4 is 5.32 Å². The number of hydrogen-bond acceptors (Lipinski definition) is 11. The normalized spacial score (nSPS) is 25.7. The van der Waals surface area contributed by atoms with E-state index in [4.69, 9.17) is 21.2 Å². The number of nitrogens with one attached hydrogen (secondary N) is 1. The van der Waals surface area contributed by atoms with Crippen LogP contribution in [-0.4, -0.2) is 80.5 Å². The van der Waals surface area contributed by atoms with Crippen molar-refractivity contribution in [3.8, 4) is 0 Å². The molecule has 3 aliphatic heterocycles. The number of alkyl halides is 1. The van der Waals surface area contributed by atoms with Crippen LogP contribution in [0.25, 0.3) is 0 Å². The summed E-state index contributed by atoms with van der Waals surface area (Å²) in [4.78, 5) is 54.1. The van der Waals surface area contributed by atoms with Crippen LogP contribution in [-0.2, 0) is 30.6 Å². The Morgan fingerprint density at radius 3 is 2.72 bits per heavy atom. The predicted molar refractivity (Wildman–Crippen MR) is 139 cm³/mol. The van der Waals surface area contributed by atoms with Crippen LogP contribution in [0.2, 0.25) is 0 Å². The zero-order valence-corrected chi connectivity index (χ0v) is 22.1. The predicted octanol–water partition coefficient (Wildman–Crippen LogP) is 2.34. The number of carbonyl (C=O) groups excluding carboxylic acids is 3. The number of fused-ring (bicyclic) bond motifs is 1. The number of nitro groups is 1. The number of nitro benzene ring substituents is 1. The molecule has 0 saturated carbocycles. The number of ether oxygens (including phenoxy) is 1. The Bertz CT molecular complexity index is 1130. The van der Waals surface area contributed by atoms with E-state index >= 15 is 0 Å². The summed E-state index contributed by atoms with van der Waals surface area (Å²) in [6, 6.07) is 4.85. The molecule has 0 radical (unpaired) electrons. The summed E-state index contributed by atoms with van der Waals surface area (Å²) >= 11 is 10.9. The summed E-state index contributed by atoms with van der Waals surface area (Å²) in [6.07, 6.45) is 0. The first kappa shape index (κ1) is 26.6. The highest BCUT2D eigenvalue weighted by Crippen LogP contribution is 2.41. The van der Waals surface area contributed by atoms with Gasteiger partial charge in [-0.25, -0.2) is 0 Å². The van der Waals surface area contributed by atoms with Gasteiger partial charge in [0.25, 0.3) is 11.6 Å². The van der Waals surface area contributed by atoms with Gasteiger partial charge in [0.15, 0.2) is 10.6 Å². The Balaban J connectivity index is 1.33. The fraction of sp³-hybridized carbons (Fsp3) is 0.429. The molecule has 4 rings (SSSR count). The quantitative estimate of drug-likeness (QED) is 0.123. The topological polar surface area (TPSA) is 140 Å². The molecule has 15 heteroatoms. The minimum absolute atomic E-state index is 0.0623. The molecule has 2 amide bonds. The van der Waals surface area contributed by atoms with Gasteiger partial charge in [-0.1, -0.05) is 5.16 Å². The molecule has 1 N–H and O–H groups in total. The number of hydrogen-bond donors (Lipinski definition) is 1. The molecule has 2 fully saturated rings. The number of esters is 1. The molecule has 11 nitrogen and oxygen atoms in total. The van der Waals surface area contributed by atoms with Gasteiger partial charge in [-0.2, -0.15) is 0 Å². The second kappa shape index (κ2) is 11.3. The van der Waals surface area contributed by atoms with Crippen LogP contribution in [0, 0.1) is 10.1 Å². The summed E-state index contributed by atoms with van der Waals surface area (Å²) in [6.45, 7) is -0.174. The zero-order chi connectivity index (χ0) is 25.9. The van der Waals surface area contributed by atoms with E-state index in [1.807, 2.05) is 5.41 Å². The second-order valence-electron chi connectivity index (χ2n) is 7.91. The Kier molecular flexibility index (Phi) is 8.37. The van der Waals surface area contributed by atoms with Crippen molar-refractivity contribution in [1.29, 1.82) is 0 Å². The maximum Gasteiger partial charge on any atom is 0.330 e. The van der Waals surface area contributed by atoms with Gasteiger partial charge in [0.05, 0.1) is 11.5 Å². The fourth-order valence-electron chi connectivity index (χ4n) is 3.65. The van der Waals surface area contributed by atoms with E-state index in [-0.39, 0.29) is 41.6 Å². The van der Waals surface area contributed by atoms with Gasteiger partial charge in [-0.05, 0) is 23.1 Å². The van der Waals surface area contributed by atoms with Crippen LogP contribution in [0.5, 0.6) is 0 Å². The monoisotopic (exact) mass is 572 g/mol. The van der Waals surface area contributed by atoms with Gasteiger partial charge in [0, 0.05) is 34.3 Å². The molecule has 3 aliphatic rings. The SMILES string of the molecule is CON=C(C(=O)NC1C(=O)N2CC(Cl)(C(=O)OCc3ccc([N+](=O)[O-])cc3)CS[C@H]12)C1=CSCCS1. The van der Waals surface area contributed by atoms with Gasteiger partial charge in [0.2, 0.25) is 5.91 Å². The number of non-ortho nitro benzene ring substituents is 1. The first-order valence-corrected chi connectivity index (χ1v) is 14.1. The Morgan fingerprint density at radius 2 is 2.08 bits per heavy atom. The molecule has 192 valence electrons. The molecule has 1 aromatic rings. The smallest absolute Gasteiger partial charge is 0.330 e. The average Bonchev–Trinajstić information content (AvgIpc) is 2.89. The van der Waals surface area contributed by atoms with Crippen molar-refractivity contribution in [2.45, 2.75) is 22.9 Å². The Hall–Kier alpha value is -2.42. The maximum absolute atomic E-state index is 12.9. The van der Waals surface area contributed by atoms with E-state index in [1.165, 1.54) is 59.8 Å². The fourth-order valence-corrected chi connectivity index (χ4v) is 7.47. The highest BCUT2D eigenvalue weighted by molar-refractivity contribution is 8.10. The Labute approximate surface area is 223 Å². The van der Waals surface area contributed by atoms with Crippen molar-refractivity contribution in [2.75, 3.05) is 30.9 Å². The molecular formula is C21H21ClN4O7S3. The lowest BCUT2D eigenvalue weighted by atomic mass is 10.0. The summed E-state index contributed by atoms with van der Waals surface area (Å²) in [5.41, 5.74) is 0.611. The number of thioether (sulfide) groups is 3. The number of carbonyl (C=O) groups is 3. The third-order valence-corrected chi connectivity index (χ3v) is 9.87. The molecule has 0 aromatic heterocycles. The molecule has 2 saturated heterocycles. The van der Waals surface area contributed by atoms with Gasteiger partial charge in [-0.15, -0.1) is 46.9 Å². The zero-order valence-electron chi connectivity index (χ0n) is 18.9. The van der Waals surface area contributed by atoms with Crippen molar-refractivity contribution in [2.24, 2.45) is 5.16 Å². The number of rotatable bonds is 8. The first-order valence-electron chi connectivity index (χ1n) is 10.6. The van der Waals surface area contributed by atoms with Gasteiger partial charge in [-0.3, -0.25) is 24.5 Å². The molecule has 0 spiro atoms. The summed E-state index contributed by atoms with van der Waals surface area (Å²) in [7, 11) is 1.35. The molecule has 0 bridgehead atoms. The average molecular weight is 573 g/mol. The molecule has 0 aliphatic carbocycles. The van der Waals surface area contributed by atoms with Crippen LogP contribution in [0.3, 0.4) is 0 Å². The van der Waals surface area contributed by atoms with Crippen LogP contribution >= 0.6 is 46.9 Å². The van der Waals surface area contributed by atoms with Crippen molar-refractivity contribution in [3.63, 3.8) is 0 Å². The molecule has 36 heavy (non-hydrogen) atoms. The maximum atomic E-state index is 12.9. The van der Waals surface area contributed by atoms with E-state index in [0.29, 0.717) is 10.5 Å². The number of oxime groups is 1. The Morgan fingerprint density at radius 1 is 1.33 bits per heavy atom. The van der Waals surface area contributed by atoms with Gasteiger partial charge >= 0.3 is 5.97 Å². The van der Waals surface area contributed by atoms with E-state index in [1.54, 1.807) is 11.8 Å². The van der Waals surface area contributed by atoms with E-state index in [0.717, 1.165) is 11.5 Å². The standard InChI is InChI=1S/C21H21ClN4O7S3/c1-32-24-15(14-9-34-6-7-35-14)17(27)23-16-18(28)25-10-21(22,11-36-19(16)25)20(29)33-8-12-2-4-13(5-3-12)26(30)31/h2-5,9,16,19H,6-8,10-11H2,1H3,(H,23,27)/t16?,19-,21?/m1/s1. The third-order valence-electron chi connectivity index (χ3n) is 5.49. The second-order valence-corrected chi connectivity index (χ2v) is 11.9. The molecule has 3 atom stereocenters. The molecular weight excluding hydrogens is 552 g/mol. The number of nitrogens with zero attached hydrogens (tertiary/aromatic N) is 3. The van der Waals surface area contributed by atoms with Crippen molar-refractivity contribution in [1.82, 2.24) is 10.2 Å². The van der Waals surface area contributed by atoms with Gasteiger partial charge in [0.1, 0.15) is 25.1 Å². The van der Waals surface area contributed by atoms with Crippen LogP contribution in [0.1, 0.15) is 5.56 Å². The minimum Gasteiger partial charge on any atom is -0.459 e. The van der Waals surface area contributed by atoms with Crippen LogP contribution in [0.4, 0.5) is 5.69 Å². The van der Waals surface area contributed by atoms with Crippen molar-refractivity contribution >= 4 is 76.1 Å². The molecule has 1 aromatic carbocycles.